The summed E-state index contributed by atoms with van der Waals surface area (Å²) in [4.78, 5) is 15.2. The van der Waals surface area contributed by atoms with E-state index in [1.165, 1.54) is 16.5 Å². The van der Waals surface area contributed by atoms with E-state index in [1.807, 2.05) is 0 Å². The largest absolute Gasteiger partial charge is 0.352 e. The topological polar surface area (TPSA) is 32.9 Å². The summed E-state index contributed by atoms with van der Waals surface area (Å²) in [7, 11) is 0. The van der Waals surface area contributed by atoms with E-state index >= 15 is 0 Å². The number of nitrogens with one attached hydrogen (secondary N) is 1. The van der Waals surface area contributed by atoms with Crippen molar-refractivity contribution in [2.24, 2.45) is 5.92 Å². The smallest absolute Gasteiger partial charge is 0.179 e. The van der Waals surface area contributed by atoms with Gasteiger partial charge in [-0.15, -0.1) is 0 Å². The van der Waals surface area contributed by atoms with Gasteiger partial charge in [0.1, 0.15) is 0 Å². The maximum Gasteiger partial charge on any atom is 0.179 e. The Morgan fingerprint density at radius 3 is 2.94 bits per heavy atom. The highest BCUT2D eigenvalue weighted by Crippen LogP contribution is 2.31. The lowest BCUT2D eigenvalue weighted by atomic mass is 9.87. The number of H-pyrrole nitrogens is 1. The van der Waals surface area contributed by atoms with E-state index in [-0.39, 0.29) is 5.78 Å². The van der Waals surface area contributed by atoms with Gasteiger partial charge in [0.25, 0.3) is 0 Å². The normalized spacial score (nSPS) is 20.1. The van der Waals surface area contributed by atoms with E-state index in [0.717, 1.165) is 17.6 Å². The summed E-state index contributed by atoms with van der Waals surface area (Å²) in [6, 6.07) is 6.33. The number of carbonyl (C=O) groups excluding carboxylic acids is 1. The number of carbonyl (C=O) groups is 1. The van der Waals surface area contributed by atoms with Crippen molar-refractivity contribution in [2.75, 3.05) is 0 Å². The third-order valence-electron chi connectivity index (χ3n) is 3.43. The molecule has 0 saturated heterocycles. The van der Waals surface area contributed by atoms with Crippen LogP contribution in [0, 0.1) is 12.8 Å². The van der Waals surface area contributed by atoms with Crippen LogP contribution in [-0.2, 0) is 6.42 Å². The van der Waals surface area contributed by atoms with Gasteiger partial charge in [0.05, 0.1) is 5.69 Å². The van der Waals surface area contributed by atoms with Crippen LogP contribution in [0.5, 0.6) is 0 Å². The first-order valence-corrected chi connectivity index (χ1v) is 5.79. The number of benzene rings is 1. The molecular weight excluding hydrogens is 198 g/mol. The van der Waals surface area contributed by atoms with Gasteiger partial charge >= 0.3 is 0 Å². The van der Waals surface area contributed by atoms with E-state index < -0.39 is 0 Å². The van der Waals surface area contributed by atoms with E-state index in [0.29, 0.717) is 12.3 Å². The lowest BCUT2D eigenvalue weighted by Gasteiger charge is -2.17. The first-order valence-electron chi connectivity index (χ1n) is 5.79. The molecule has 1 aromatic carbocycles. The molecule has 16 heavy (non-hydrogen) atoms. The van der Waals surface area contributed by atoms with Crippen LogP contribution in [0.15, 0.2) is 18.2 Å². The predicted octanol–water partition coefficient (Wildman–Crippen LogP) is 3.24. The average molecular weight is 213 g/mol. The van der Waals surface area contributed by atoms with Crippen molar-refractivity contribution in [2.45, 2.75) is 26.7 Å². The Morgan fingerprint density at radius 1 is 1.31 bits per heavy atom. The van der Waals surface area contributed by atoms with E-state index in [1.54, 1.807) is 0 Å². The highest BCUT2D eigenvalue weighted by atomic mass is 16.1. The Bertz CT molecular complexity index is 580. The van der Waals surface area contributed by atoms with Crippen LogP contribution < -0.4 is 0 Å². The molecule has 0 amide bonds. The first-order chi connectivity index (χ1) is 7.65. The quantitative estimate of drug-likeness (QED) is 0.716. The lowest BCUT2D eigenvalue weighted by molar-refractivity contribution is 0.0949. The summed E-state index contributed by atoms with van der Waals surface area (Å²) in [5.74, 6) is 0.738. The first kappa shape index (κ1) is 9.64. The fraction of sp³-hybridized carbons (Fsp3) is 0.357. The molecule has 1 atom stereocenters. The van der Waals surface area contributed by atoms with Gasteiger partial charge in [-0.1, -0.05) is 18.6 Å². The molecule has 0 bridgehead atoms. The number of aromatic nitrogens is 1. The Balaban J connectivity index is 2.31. The van der Waals surface area contributed by atoms with Gasteiger partial charge in [-0.25, -0.2) is 0 Å². The van der Waals surface area contributed by atoms with E-state index in [2.05, 4.69) is 37.0 Å². The Labute approximate surface area is 94.7 Å². The predicted molar refractivity (Wildman–Crippen MR) is 64.9 cm³/mol. The van der Waals surface area contributed by atoms with Crippen LogP contribution in [-0.4, -0.2) is 10.8 Å². The molecule has 82 valence electrons. The van der Waals surface area contributed by atoms with Gasteiger partial charge in [-0.05, 0) is 37.0 Å². The van der Waals surface area contributed by atoms with Crippen LogP contribution >= 0.6 is 0 Å². The van der Waals surface area contributed by atoms with E-state index in [9.17, 15) is 4.79 Å². The monoisotopic (exact) mass is 213 g/mol. The number of aromatic amines is 1. The van der Waals surface area contributed by atoms with Gasteiger partial charge in [-0.2, -0.15) is 0 Å². The van der Waals surface area contributed by atoms with Crippen molar-refractivity contribution in [3.63, 3.8) is 0 Å². The molecule has 2 nitrogen and oxygen atoms in total. The minimum absolute atomic E-state index is 0.266. The van der Waals surface area contributed by atoms with Crippen LogP contribution in [0.4, 0.5) is 0 Å². The Kier molecular flexibility index (Phi) is 1.93. The molecule has 0 fully saturated rings. The van der Waals surface area contributed by atoms with Crippen LogP contribution in [0.25, 0.3) is 10.9 Å². The molecule has 1 aliphatic rings. The number of hydrogen-bond donors (Lipinski definition) is 1. The minimum Gasteiger partial charge on any atom is -0.352 e. The van der Waals surface area contributed by atoms with Gasteiger partial charge in [0.2, 0.25) is 0 Å². The zero-order valence-electron chi connectivity index (χ0n) is 9.63. The summed E-state index contributed by atoms with van der Waals surface area (Å²) in [6.45, 7) is 4.24. The molecule has 1 N–H and O–H groups in total. The fourth-order valence-electron chi connectivity index (χ4n) is 2.65. The highest BCUT2D eigenvalue weighted by Gasteiger charge is 2.25. The van der Waals surface area contributed by atoms with Gasteiger partial charge in [-0.3, -0.25) is 4.79 Å². The average Bonchev–Trinajstić information content (AvgIpc) is 2.57. The summed E-state index contributed by atoms with van der Waals surface area (Å²) in [6.07, 6.45) is 1.70. The molecule has 2 heteroatoms. The molecule has 0 saturated carbocycles. The second kappa shape index (κ2) is 3.21. The SMILES string of the molecule is Cc1ccc2[nH]c3c(c2c1)CC(C)CC3=O. The number of fused-ring (bicyclic) bond motifs is 3. The molecule has 1 aromatic heterocycles. The number of ketones is 1. The summed E-state index contributed by atoms with van der Waals surface area (Å²) in [5, 5.41) is 1.23. The zero-order chi connectivity index (χ0) is 11.3. The molecule has 0 aliphatic heterocycles. The van der Waals surface area contributed by atoms with Crippen molar-refractivity contribution in [3.8, 4) is 0 Å². The highest BCUT2D eigenvalue weighted by molar-refractivity contribution is 6.03. The van der Waals surface area contributed by atoms with Crippen molar-refractivity contribution in [1.82, 2.24) is 4.98 Å². The standard InChI is InChI=1S/C14H15NO/c1-8-3-4-12-10(5-8)11-6-9(2)7-13(16)14(11)15-12/h3-5,9,15H,6-7H2,1-2H3. The Morgan fingerprint density at radius 2 is 2.12 bits per heavy atom. The van der Waals surface area contributed by atoms with Crippen molar-refractivity contribution >= 4 is 16.7 Å². The van der Waals surface area contributed by atoms with Crippen LogP contribution in [0.3, 0.4) is 0 Å². The van der Waals surface area contributed by atoms with Crippen LogP contribution in [0.2, 0.25) is 0 Å². The zero-order valence-corrected chi connectivity index (χ0v) is 9.63. The number of Topliss-reactive ketones (excluding diaryl/α,β-unsaturated/α-hetero) is 1. The molecule has 1 unspecified atom stereocenters. The number of hydrogen-bond acceptors (Lipinski definition) is 1. The van der Waals surface area contributed by atoms with Crippen LogP contribution in [0.1, 0.15) is 35.0 Å². The van der Waals surface area contributed by atoms with Crippen molar-refractivity contribution < 1.29 is 4.79 Å². The lowest BCUT2D eigenvalue weighted by Crippen LogP contribution is -2.17. The number of aryl methyl sites for hydroxylation is 1. The third kappa shape index (κ3) is 1.29. The molecule has 1 aliphatic carbocycles. The van der Waals surface area contributed by atoms with E-state index in [4.69, 9.17) is 0 Å². The second-order valence-electron chi connectivity index (χ2n) is 4.96. The minimum atomic E-state index is 0.266. The molecule has 1 heterocycles. The second-order valence-corrected chi connectivity index (χ2v) is 4.96. The van der Waals surface area contributed by atoms with Crippen molar-refractivity contribution in [1.29, 1.82) is 0 Å². The van der Waals surface area contributed by atoms with Gasteiger partial charge in [0.15, 0.2) is 5.78 Å². The molecule has 0 radical (unpaired) electrons. The fourth-order valence-corrected chi connectivity index (χ4v) is 2.65. The Hall–Kier alpha value is -1.57. The third-order valence-corrected chi connectivity index (χ3v) is 3.43. The summed E-state index contributed by atoms with van der Waals surface area (Å²) < 4.78 is 0. The summed E-state index contributed by atoms with van der Waals surface area (Å²) >= 11 is 0. The van der Waals surface area contributed by atoms with Crippen molar-refractivity contribution in [3.05, 3.63) is 35.0 Å². The maximum atomic E-state index is 11.9. The molecule has 3 rings (SSSR count). The molecule has 2 aromatic rings. The number of rotatable bonds is 0. The van der Waals surface area contributed by atoms with Gasteiger partial charge in [0, 0.05) is 17.3 Å². The van der Waals surface area contributed by atoms with Gasteiger partial charge < -0.3 is 4.98 Å². The summed E-state index contributed by atoms with van der Waals surface area (Å²) in [5.41, 5.74) is 4.42. The molecular formula is C14H15NO. The maximum absolute atomic E-state index is 11.9. The molecule has 0 spiro atoms.